The van der Waals surface area contributed by atoms with Gasteiger partial charge in [-0.3, -0.25) is 9.63 Å². The number of halogens is 2. The first-order chi connectivity index (χ1) is 9.88. The molecule has 0 aromatic heterocycles. The van der Waals surface area contributed by atoms with Crippen LogP contribution < -0.4 is 0 Å². The molecule has 0 spiro atoms. The molecule has 6 nitrogen and oxygen atoms in total. The molecule has 0 aliphatic carbocycles. The van der Waals surface area contributed by atoms with Crippen molar-refractivity contribution in [2.45, 2.75) is 6.54 Å². The Morgan fingerprint density at radius 2 is 2.10 bits per heavy atom. The molecule has 1 amide bonds. The van der Waals surface area contributed by atoms with Crippen LogP contribution in [-0.2, 0) is 25.7 Å². The van der Waals surface area contributed by atoms with Gasteiger partial charge in [0, 0.05) is 0 Å². The molecular formula is C13H13ClFNO5. The summed E-state index contributed by atoms with van der Waals surface area (Å²) in [6.45, 7) is -0.0553. The minimum atomic E-state index is -1.05. The summed E-state index contributed by atoms with van der Waals surface area (Å²) in [7, 11) is 2.29. The Morgan fingerprint density at radius 1 is 1.43 bits per heavy atom. The van der Waals surface area contributed by atoms with Crippen molar-refractivity contribution in [2.75, 3.05) is 14.2 Å². The molecule has 1 N–H and O–H groups in total. The van der Waals surface area contributed by atoms with Gasteiger partial charge in [0.05, 0.1) is 31.9 Å². The number of aliphatic hydroxyl groups is 1. The molecular weight excluding hydrogens is 305 g/mol. The summed E-state index contributed by atoms with van der Waals surface area (Å²) in [5.41, 5.74) is 0.502. The number of amides is 1. The average molecular weight is 318 g/mol. The van der Waals surface area contributed by atoms with Gasteiger partial charge in [0.2, 0.25) is 5.76 Å². The lowest BCUT2D eigenvalue weighted by molar-refractivity contribution is -0.173. The van der Waals surface area contributed by atoms with Crippen LogP contribution in [0.2, 0.25) is 5.02 Å². The Kier molecular flexibility index (Phi) is 6.13. The zero-order valence-corrected chi connectivity index (χ0v) is 12.1. The maximum atomic E-state index is 13.0. The number of hydroxylamine groups is 2. The van der Waals surface area contributed by atoms with Crippen molar-refractivity contribution < 1.29 is 28.7 Å². The van der Waals surface area contributed by atoms with Gasteiger partial charge in [-0.05, 0) is 17.7 Å². The third kappa shape index (κ3) is 4.73. The van der Waals surface area contributed by atoms with E-state index in [1.165, 1.54) is 19.2 Å². The Balaban J connectivity index is 2.85. The number of rotatable bonds is 5. The van der Waals surface area contributed by atoms with E-state index >= 15 is 0 Å². The van der Waals surface area contributed by atoms with Crippen LogP contribution in [0.25, 0.3) is 0 Å². The van der Waals surface area contributed by atoms with E-state index in [-0.39, 0.29) is 11.6 Å². The molecule has 0 fully saturated rings. The molecule has 1 aromatic carbocycles. The number of aliphatic hydroxyl groups excluding tert-OH is 1. The van der Waals surface area contributed by atoms with Gasteiger partial charge in [-0.1, -0.05) is 17.7 Å². The summed E-state index contributed by atoms with van der Waals surface area (Å²) >= 11 is 5.63. The van der Waals surface area contributed by atoms with Crippen LogP contribution in [0.4, 0.5) is 4.39 Å². The summed E-state index contributed by atoms with van der Waals surface area (Å²) in [6.07, 6.45) is 0.653. The molecule has 1 aromatic rings. The van der Waals surface area contributed by atoms with E-state index in [1.807, 2.05) is 0 Å². The largest absolute Gasteiger partial charge is 0.502 e. The molecule has 0 aliphatic rings. The maximum absolute atomic E-state index is 13.0. The van der Waals surface area contributed by atoms with Crippen LogP contribution >= 0.6 is 11.6 Å². The summed E-state index contributed by atoms with van der Waals surface area (Å²) < 4.78 is 17.3. The molecule has 0 heterocycles. The number of hydrogen-bond acceptors (Lipinski definition) is 5. The van der Waals surface area contributed by atoms with Gasteiger partial charge in [-0.2, -0.15) is 0 Å². The molecule has 21 heavy (non-hydrogen) atoms. The van der Waals surface area contributed by atoms with Gasteiger partial charge in [0.15, 0.2) is 0 Å². The minimum Gasteiger partial charge on any atom is -0.502 e. The van der Waals surface area contributed by atoms with E-state index in [2.05, 4.69) is 4.74 Å². The highest BCUT2D eigenvalue weighted by molar-refractivity contribution is 6.30. The second kappa shape index (κ2) is 7.61. The van der Waals surface area contributed by atoms with Crippen LogP contribution in [0.1, 0.15) is 5.56 Å². The van der Waals surface area contributed by atoms with Crippen molar-refractivity contribution in [3.8, 4) is 0 Å². The Bertz CT molecular complexity index is 576. The molecule has 0 saturated carbocycles. The maximum Gasteiger partial charge on any atom is 0.373 e. The van der Waals surface area contributed by atoms with Gasteiger partial charge in [0.25, 0.3) is 5.91 Å². The van der Waals surface area contributed by atoms with Crippen molar-refractivity contribution in [3.63, 3.8) is 0 Å². The lowest BCUT2D eigenvalue weighted by atomic mass is 10.2. The Labute approximate surface area is 125 Å². The second-order valence-corrected chi connectivity index (χ2v) is 4.23. The zero-order valence-electron chi connectivity index (χ0n) is 11.3. The molecule has 0 atom stereocenters. The first kappa shape index (κ1) is 16.9. The minimum absolute atomic E-state index is 0.0553. The van der Waals surface area contributed by atoms with Crippen LogP contribution in [0.15, 0.2) is 30.0 Å². The highest BCUT2D eigenvalue weighted by atomic mass is 35.5. The van der Waals surface area contributed by atoms with Crippen molar-refractivity contribution >= 4 is 23.5 Å². The smallest absolute Gasteiger partial charge is 0.373 e. The number of carbonyl (C=O) groups excluding carboxylic acids is 2. The first-order valence-corrected chi connectivity index (χ1v) is 6.05. The highest BCUT2D eigenvalue weighted by Gasteiger charge is 2.16. The quantitative estimate of drug-likeness (QED) is 0.389. The fourth-order valence-corrected chi connectivity index (χ4v) is 1.59. The molecule has 0 aliphatic heterocycles. The number of benzene rings is 1. The van der Waals surface area contributed by atoms with E-state index in [0.29, 0.717) is 11.6 Å². The zero-order chi connectivity index (χ0) is 16.0. The van der Waals surface area contributed by atoms with Crippen molar-refractivity contribution in [3.05, 3.63) is 46.4 Å². The lowest BCUT2D eigenvalue weighted by Crippen LogP contribution is -2.28. The number of carbonyl (C=O) groups is 2. The number of esters is 1. The summed E-state index contributed by atoms with van der Waals surface area (Å²) in [4.78, 5) is 27.6. The molecule has 0 saturated heterocycles. The van der Waals surface area contributed by atoms with Gasteiger partial charge in [-0.25, -0.2) is 14.2 Å². The predicted octanol–water partition coefficient (Wildman–Crippen LogP) is 1.98. The SMILES string of the molecule is COC(=O)/C(O)=C/C(=O)N(Cc1ccc(F)c(Cl)c1)OC. The van der Waals surface area contributed by atoms with Crippen LogP contribution in [0.5, 0.6) is 0 Å². The van der Waals surface area contributed by atoms with Crippen molar-refractivity contribution in [1.29, 1.82) is 0 Å². The normalized spacial score (nSPS) is 11.1. The molecule has 114 valence electrons. The molecule has 0 radical (unpaired) electrons. The number of nitrogens with zero attached hydrogens (tertiary/aromatic N) is 1. The van der Waals surface area contributed by atoms with Crippen molar-refractivity contribution in [2.24, 2.45) is 0 Å². The number of methoxy groups -OCH3 is 1. The fourth-order valence-electron chi connectivity index (χ4n) is 1.39. The molecule has 1 rings (SSSR count). The standard InChI is InChI=1S/C13H13ClFNO5/c1-20-13(19)11(17)6-12(18)16(21-2)7-8-3-4-10(15)9(14)5-8/h3-6,17H,7H2,1-2H3/b11-6-. The summed E-state index contributed by atoms with van der Waals surface area (Å²) in [5, 5.41) is 10.0. The van der Waals surface area contributed by atoms with Crippen LogP contribution in [0.3, 0.4) is 0 Å². The van der Waals surface area contributed by atoms with Crippen LogP contribution in [0, 0.1) is 5.82 Å². The summed E-state index contributed by atoms with van der Waals surface area (Å²) in [6, 6.07) is 3.90. The Hall–Kier alpha value is -2.12. The van der Waals surface area contributed by atoms with E-state index < -0.39 is 23.5 Å². The van der Waals surface area contributed by atoms with Gasteiger partial charge in [0.1, 0.15) is 5.82 Å². The van der Waals surface area contributed by atoms with E-state index in [4.69, 9.17) is 16.4 Å². The molecule has 8 heteroatoms. The van der Waals surface area contributed by atoms with E-state index in [0.717, 1.165) is 18.2 Å². The summed E-state index contributed by atoms with van der Waals surface area (Å²) in [5.74, 6) is -3.29. The van der Waals surface area contributed by atoms with Crippen molar-refractivity contribution in [1.82, 2.24) is 5.06 Å². The lowest BCUT2D eigenvalue weighted by Gasteiger charge is -2.18. The fraction of sp³-hybridized carbons (Fsp3) is 0.231. The molecule has 0 unspecified atom stereocenters. The Morgan fingerprint density at radius 3 is 2.62 bits per heavy atom. The van der Waals surface area contributed by atoms with Gasteiger partial charge in [-0.15, -0.1) is 0 Å². The van der Waals surface area contributed by atoms with Gasteiger partial charge >= 0.3 is 5.97 Å². The molecule has 0 bridgehead atoms. The number of ether oxygens (including phenoxy) is 1. The van der Waals surface area contributed by atoms with Gasteiger partial charge < -0.3 is 9.84 Å². The van der Waals surface area contributed by atoms with E-state index in [1.54, 1.807) is 0 Å². The highest BCUT2D eigenvalue weighted by Crippen LogP contribution is 2.17. The van der Waals surface area contributed by atoms with E-state index in [9.17, 15) is 19.1 Å². The third-order valence-electron chi connectivity index (χ3n) is 2.43. The second-order valence-electron chi connectivity index (χ2n) is 3.83. The third-order valence-corrected chi connectivity index (χ3v) is 2.72. The average Bonchev–Trinajstić information content (AvgIpc) is 2.47. The topological polar surface area (TPSA) is 76.1 Å². The monoisotopic (exact) mass is 317 g/mol. The number of hydrogen-bond donors (Lipinski definition) is 1. The predicted molar refractivity (Wildman–Crippen MR) is 71.7 cm³/mol. The first-order valence-electron chi connectivity index (χ1n) is 5.67. The van der Waals surface area contributed by atoms with Crippen LogP contribution in [-0.4, -0.2) is 36.3 Å².